The zero-order valence-corrected chi connectivity index (χ0v) is 11.7. The monoisotopic (exact) mass is 312 g/mol. The molecule has 0 atom stereocenters. The summed E-state index contributed by atoms with van der Waals surface area (Å²) in [4.78, 5) is 29.0. The van der Waals surface area contributed by atoms with E-state index >= 15 is 0 Å². The van der Waals surface area contributed by atoms with Crippen molar-refractivity contribution in [1.82, 2.24) is 9.97 Å². The van der Waals surface area contributed by atoms with Crippen LogP contribution in [0.1, 0.15) is 12.0 Å². The Hall–Kier alpha value is -1.85. The Labute approximate surface area is 124 Å². The van der Waals surface area contributed by atoms with E-state index in [1.54, 1.807) is 18.2 Å². The van der Waals surface area contributed by atoms with Crippen LogP contribution in [0.2, 0.25) is 10.0 Å². The highest BCUT2D eigenvalue weighted by atomic mass is 35.5. The van der Waals surface area contributed by atoms with Gasteiger partial charge >= 0.3 is 5.97 Å². The molecule has 0 spiro atoms. The molecule has 20 heavy (non-hydrogen) atoms. The number of benzene rings is 1. The Morgan fingerprint density at radius 1 is 1.25 bits per heavy atom. The first-order valence-electron chi connectivity index (χ1n) is 5.72. The molecule has 5 nitrogen and oxygen atoms in total. The number of hydrogen-bond donors (Lipinski definition) is 2. The van der Waals surface area contributed by atoms with E-state index in [-0.39, 0.29) is 18.4 Å². The number of H-pyrrole nitrogens is 1. The third-order valence-corrected chi connectivity index (χ3v) is 3.05. The maximum Gasteiger partial charge on any atom is 0.303 e. The second-order valence-corrected chi connectivity index (χ2v) is 5.01. The lowest BCUT2D eigenvalue weighted by Crippen LogP contribution is -2.15. The fourth-order valence-corrected chi connectivity index (χ4v) is 2.20. The second-order valence-electron chi connectivity index (χ2n) is 4.14. The molecule has 0 saturated carbocycles. The Morgan fingerprint density at radius 2 is 1.90 bits per heavy atom. The summed E-state index contributed by atoms with van der Waals surface area (Å²) >= 11 is 11.8. The number of nitrogens with one attached hydrogen (secondary N) is 1. The van der Waals surface area contributed by atoms with Crippen LogP contribution in [0.4, 0.5) is 0 Å². The fraction of sp³-hybridized carbons (Fsp3) is 0.154. The average Bonchev–Trinajstić information content (AvgIpc) is 2.35. The first-order valence-corrected chi connectivity index (χ1v) is 6.48. The number of nitrogens with zero attached hydrogens (tertiary/aromatic N) is 1. The van der Waals surface area contributed by atoms with Gasteiger partial charge in [-0.15, -0.1) is 0 Å². The van der Waals surface area contributed by atoms with Gasteiger partial charge in [-0.05, 0) is 24.6 Å². The standard InChI is InChI=1S/C13H10Cl2N2O3/c14-9-3-8(4-10(15)5-9)12-16-6-7(13(20)17-12)1-2-11(18)19/h3-6H,1-2H2,(H,18,19)(H,16,17,20). The number of carbonyl (C=O) groups is 1. The van der Waals surface area contributed by atoms with E-state index in [2.05, 4.69) is 9.97 Å². The van der Waals surface area contributed by atoms with Gasteiger partial charge in [-0.25, -0.2) is 4.98 Å². The summed E-state index contributed by atoms with van der Waals surface area (Å²) in [6.07, 6.45) is 1.38. The minimum atomic E-state index is -0.963. The molecule has 0 aliphatic heterocycles. The Kier molecular flexibility index (Phi) is 4.42. The number of carboxylic acid groups (broad SMARTS) is 1. The van der Waals surface area contributed by atoms with E-state index < -0.39 is 5.97 Å². The molecule has 2 aromatic rings. The number of aryl methyl sites for hydroxylation is 1. The van der Waals surface area contributed by atoms with Crippen molar-refractivity contribution >= 4 is 29.2 Å². The molecule has 0 radical (unpaired) electrons. The molecular formula is C13H10Cl2N2O3. The van der Waals surface area contributed by atoms with Gasteiger partial charge in [-0.2, -0.15) is 0 Å². The van der Waals surface area contributed by atoms with Gasteiger partial charge in [-0.1, -0.05) is 23.2 Å². The summed E-state index contributed by atoms with van der Waals surface area (Å²) in [5.41, 5.74) is 0.543. The van der Waals surface area contributed by atoms with Gasteiger partial charge < -0.3 is 10.1 Å². The van der Waals surface area contributed by atoms with Crippen LogP contribution in [0.15, 0.2) is 29.2 Å². The summed E-state index contributed by atoms with van der Waals surface area (Å²) in [5.74, 6) is -0.631. The molecule has 7 heteroatoms. The Morgan fingerprint density at radius 3 is 2.45 bits per heavy atom. The van der Waals surface area contributed by atoms with Crippen molar-refractivity contribution in [3.05, 3.63) is 50.4 Å². The summed E-state index contributed by atoms with van der Waals surface area (Å²) < 4.78 is 0. The molecule has 0 bridgehead atoms. The van der Waals surface area contributed by atoms with Gasteiger partial charge in [0.2, 0.25) is 0 Å². The second kappa shape index (κ2) is 6.07. The number of halogens is 2. The minimum absolute atomic E-state index is 0.118. The number of aromatic nitrogens is 2. The van der Waals surface area contributed by atoms with Crippen LogP contribution in [-0.4, -0.2) is 21.0 Å². The highest BCUT2D eigenvalue weighted by molar-refractivity contribution is 6.35. The molecule has 0 fully saturated rings. The van der Waals surface area contributed by atoms with Crippen LogP contribution in [0.3, 0.4) is 0 Å². The van der Waals surface area contributed by atoms with Crippen molar-refractivity contribution < 1.29 is 9.90 Å². The highest BCUT2D eigenvalue weighted by Crippen LogP contribution is 2.24. The average molecular weight is 313 g/mol. The van der Waals surface area contributed by atoms with E-state index in [4.69, 9.17) is 28.3 Å². The topological polar surface area (TPSA) is 83.0 Å². The number of rotatable bonds is 4. The van der Waals surface area contributed by atoms with Crippen LogP contribution in [0.25, 0.3) is 11.4 Å². The molecule has 2 N–H and O–H groups in total. The molecule has 104 valence electrons. The Balaban J connectivity index is 2.33. The molecule has 0 amide bonds. The van der Waals surface area contributed by atoms with Crippen molar-refractivity contribution in [2.24, 2.45) is 0 Å². The molecule has 2 rings (SSSR count). The van der Waals surface area contributed by atoms with Crippen LogP contribution in [0, 0.1) is 0 Å². The van der Waals surface area contributed by atoms with E-state index in [9.17, 15) is 9.59 Å². The summed E-state index contributed by atoms with van der Waals surface area (Å²) in [6, 6.07) is 4.83. The number of aromatic amines is 1. The van der Waals surface area contributed by atoms with Gasteiger partial charge in [0, 0.05) is 33.8 Å². The van der Waals surface area contributed by atoms with E-state index in [1.807, 2.05) is 0 Å². The van der Waals surface area contributed by atoms with Crippen molar-refractivity contribution in [3.8, 4) is 11.4 Å². The van der Waals surface area contributed by atoms with Gasteiger partial charge in [0.05, 0.1) is 0 Å². The molecule has 1 aromatic carbocycles. The van der Waals surface area contributed by atoms with Crippen molar-refractivity contribution in [3.63, 3.8) is 0 Å². The van der Waals surface area contributed by atoms with Gasteiger partial charge in [0.1, 0.15) is 5.82 Å². The predicted molar refractivity (Wildman–Crippen MR) is 76.3 cm³/mol. The Bertz CT molecular complexity index is 693. The third kappa shape index (κ3) is 3.59. The summed E-state index contributed by atoms with van der Waals surface area (Å²) in [7, 11) is 0. The van der Waals surface area contributed by atoms with Gasteiger partial charge in [-0.3, -0.25) is 9.59 Å². The molecule has 0 aliphatic carbocycles. The number of aliphatic carboxylic acids is 1. The maximum atomic E-state index is 11.8. The van der Waals surface area contributed by atoms with Gasteiger partial charge in [0.15, 0.2) is 0 Å². The zero-order valence-electron chi connectivity index (χ0n) is 10.2. The largest absolute Gasteiger partial charge is 0.481 e. The predicted octanol–water partition coefficient (Wildman–Crippen LogP) is 2.76. The van der Waals surface area contributed by atoms with Crippen LogP contribution < -0.4 is 5.56 Å². The minimum Gasteiger partial charge on any atom is -0.481 e. The lowest BCUT2D eigenvalue weighted by Gasteiger charge is -2.04. The first-order chi connectivity index (χ1) is 9.45. The van der Waals surface area contributed by atoms with Crippen LogP contribution >= 0.6 is 23.2 Å². The van der Waals surface area contributed by atoms with E-state index in [1.165, 1.54) is 6.20 Å². The van der Waals surface area contributed by atoms with Crippen molar-refractivity contribution in [2.45, 2.75) is 12.8 Å². The molecule has 0 aliphatic rings. The lowest BCUT2D eigenvalue weighted by atomic mass is 10.1. The highest BCUT2D eigenvalue weighted by Gasteiger charge is 2.08. The first kappa shape index (κ1) is 14.6. The molecular weight excluding hydrogens is 303 g/mol. The van der Waals surface area contributed by atoms with Crippen molar-refractivity contribution in [2.75, 3.05) is 0 Å². The van der Waals surface area contributed by atoms with Crippen LogP contribution in [-0.2, 0) is 11.2 Å². The number of hydrogen-bond acceptors (Lipinski definition) is 3. The molecule has 0 unspecified atom stereocenters. The van der Waals surface area contributed by atoms with Crippen LogP contribution in [0.5, 0.6) is 0 Å². The number of carboxylic acids is 1. The SMILES string of the molecule is O=C(O)CCc1cnc(-c2cc(Cl)cc(Cl)c2)[nH]c1=O. The lowest BCUT2D eigenvalue weighted by molar-refractivity contribution is -0.136. The normalized spacial score (nSPS) is 10.5. The van der Waals surface area contributed by atoms with E-state index in [0.717, 1.165) is 0 Å². The third-order valence-electron chi connectivity index (χ3n) is 2.62. The quantitative estimate of drug-likeness (QED) is 0.909. The summed E-state index contributed by atoms with van der Waals surface area (Å²) in [6.45, 7) is 0. The van der Waals surface area contributed by atoms with E-state index in [0.29, 0.717) is 27.0 Å². The molecule has 1 aromatic heterocycles. The zero-order chi connectivity index (χ0) is 14.7. The van der Waals surface area contributed by atoms with Crippen molar-refractivity contribution in [1.29, 1.82) is 0 Å². The molecule has 0 saturated heterocycles. The molecule has 1 heterocycles. The fourth-order valence-electron chi connectivity index (χ4n) is 1.68. The maximum absolute atomic E-state index is 11.8. The smallest absolute Gasteiger partial charge is 0.303 e. The summed E-state index contributed by atoms with van der Waals surface area (Å²) in [5, 5.41) is 9.47. The van der Waals surface area contributed by atoms with Gasteiger partial charge in [0.25, 0.3) is 5.56 Å².